The zero-order valence-electron chi connectivity index (χ0n) is 26.1. The highest BCUT2D eigenvalue weighted by Gasteiger charge is 2.37. The van der Waals surface area contributed by atoms with E-state index in [-0.39, 0.29) is 37.4 Å². The average Bonchev–Trinajstić information content (AvgIpc) is 3.68. The molecule has 10 nitrogen and oxygen atoms in total. The van der Waals surface area contributed by atoms with Crippen molar-refractivity contribution in [2.75, 3.05) is 13.2 Å². The number of carbonyl (C=O) groups is 4. The molecule has 47 heavy (non-hydrogen) atoms. The van der Waals surface area contributed by atoms with Crippen LogP contribution in [-0.4, -0.2) is 63.2 Å². The molecule has 0 saturated carbocycles. The first-order chi connectivity index (χ1) is 22.9. The summed E-state index contributed by atoms with van der Waals surface area (Å²) in [5, 5.41) is 8.35. The summed E-state index contributed by atoms with van der Waals surface area (Å²) < 4.78 is 9.98. The van der Waals surface area contributed by atoms with E-state index in [1.807, 2.05) is 66.7 Å². The molecule has 0 unspecified atom stereocenters. The van der Waals surface area contributed by atoms with Gasteiger partial charge in [0.2, 0.25) is 5.91 Å². The summed E-state index contributed by atoms with van der Waals surface area (Å²) in [6.07, 6.45) is 9.95. The topological polar surface area (TPSA) is 136 Å². The molecule has 0 aliphatic carbocycles. The molecule has 2 atom stereocenters. The maximum absolute atomic E-state index is 12.4. The molecule has 2 aliphatic rings. The monoisotopic (exact) mass is 637 g/mol. The van der Waals surface area contributed by atoms with Gasteiger partial charge in [0.1, 0.15) is 6.61 Å². The summed E-state index contributed by atoms with van der Waals surface area (Å²) in [7, 11) is 0. The lowest BCUT2D eigenvalue weighted by Gasteiger charge is -2.19. The molecule has 1 N–H and O–H groups in total. The molecule has 2 aromatic heterocycles. The molecule has 4 aromatic rings. The summed E-state index contributed by atoms with van der Waals surface area (Å²) in [6.45, 7) is 0.847. The highest BCUT2D eigenvalue weighted by molar-refractivity contribution is 5.93. The van der Waals surface area contributed by atoms with Crippen molar-refractivity contribution in [3.05, 3.63) is 132 Å². The lowest BCUT2D eigenvalue weighted by molar-refractivity contribution is -0.138. The van der Waals surface area contributed by atoms with Crippen LogP contribution in [0.2, 0.25) is 0 Å². The quantitative estimate of drug-likeness (QED) is 0.224. The standard InChI is InChI=1S/C18H18N2O3.C11H12O2.C8H9NO2/c21-17(9-8-15-7-4-10-19-12-15)20-16(13-23-18(20)22)11-14-5-2-1-3-6-14;12-11-7-10(8-13-11)6-9-4-2-1-3-5-9;10-8(11)4-3-7-2-1-5-9-6-7/h1-7,10,12,16H,8-9,11,13H2;1-5,10H,6-8H2;1-2,5-6H,3-4H2,(H,10,11)/t16-;10-;/m01./s1. The fraction of sp³-hybridized carbons (Fsp3) is 0.297. The van der Waals surface area contributed by atoms with E-state index in [1.165, 1.54) is 10.5 Å². The lowest BCUT2D eigenvalue weighted by atomic mass is 9.99. The van der Waals surface area contributed by atoms with E-state index in [0.29, 0.717) is 38.2 Å². The van der Waals surface area contributed by atoms with Gasteiger partial charge in [0.15, 0.2) is 0 Å². The number of carboxylic acids is 1. The highest BCUT2D eigenvalue weighted by atomic mass is 16.6. The molecule has 2 aliphatic heterocycles. The maximum Gasteiger partial charge on any atom is 0.416 e. The number of pyridine rings is 2. The molecular formula is C37H39N3O7. The lowest BCUT2D eigenvalue weighted by Crippen LogP contribution is -2.40. The van der Waals surface area contributed by atoms with Crippen molar-refractivity contribution < 1.29 is 33.8 Å². The zero-order chi connectivity index (χ0) is 33.3. The second-order valence-corrected chi connectivity index (χ2v) is 11.2. The van der Waals surface area contributed by atoms with Crippen LogP contribution in [0.25, 0.3) is 0 Å². The second kappa shape index (κ2) is 18.6. The minimum Gasteiger partial charge on any atom is -0.481 e. The number of cyclic esters (lactones) is 2. The van der Waals surface area contributed by atoms with Crippen molar-refractivity contribution in [3.8, 4) is 0 Å². The highest BCUT2D eigenvalue weighted by Crippen LogP contribution is 2.20. The fourth-order valence-electron chi connectivity index (χ4n) is 5.16. The molecule has 2 amide bonds. The number of rotatable bonds is 10. The first-order valence-electron chi connectivity index (χ1n) is 15.6. The Labute approximate surface area is 274 Å². The number of aryl methyl sites for hydroxylation is 2. The number of esters is 1. The second-order valence-electron chi connectivity index (χ2n) is 11.2. The Morgan fingerprint density at radius 3 is 1.77 bits per heavy atom. The third-order valence-electron chi connectivity index (χ3n) is 7.55. The number of carboxylic acid groups (broad SMARTS) is 1. The first-order valence-corrected chi connectivity index (χ1v) is 15.6. The van der Waals surface area contributed by atoms with Crippen molar-refractivity contribution >= 4 is 23.9 Å². The Hall–Kier alpha value is -5.38. The largest absolute Gasteiger partial charge is 0.481 e. The van der Waals surface area contributed by atoms with Gasteiger partial charge in [-0.3, -0.25) is 24.4 Å². The fourth-order valence-corrected chi connectivity index (χ4v) is 5.16. The van der Waals surface area contributed by atoms with Crippen LogP contribution < -0.4 is 0 Å². The number of ether oxygens (including phenoxy) is 2. The van der Waals surface area contributed by atoms with Crippen LogP contribution in [0.4, 0.5) is 4.79 Å². The summed E-state index contributed by atoms with van der Waals surface area (Å²) in [5.41, 5.74) is 4.31. The van der Waals surface area contributed by atoms with Gasteiger partial charge in [-0.15, -0.1) is 0 Å². The predicted molar refractivity (Wildman–Crippen MR) is 174 cm³/mol. The van der Waals surface area contributed by atoms with Crippen molar-refractivity contribution in [2.24, 2.45) is 5.92 Å². The number of benzene rings is 2. The van der Waals surface area contributed by atoms with Gasteiger partial charge < -0.3 is 14.6 Å². The van der Waals surface area contributed by atoms with Gasteiger partial charge in [0.25, 0.3) is 0 Å². The van der Waals surface area contributed by atoms with Crippen LogP contribution in [0.1, 0.15) is 41.5 Å². The molecule has 2 fully saturated rings. The Kier molecular flexibility index (Phi) is 13.6. The van der Waals surface area contributed by atoms with E-state index in [2.05, 4.69) is 22.1 Å². The number of nitrogens with zero attached hydrogens (tertiary/aromatic N) is 3. The van der Waals surface area contributed by atoms with Crippen LogP contribution in [0.15, 0.2) is 110 Å². The molecule has 2 saturated heterocycles. The minimum atomic E-state index is -0.770. The van der Waals surface area contributed by atoms with E-state index >= 15 is 0 Å². The van der Waals surface area contributed by atoms with E-state index in [0.717, 1.165) is 23.1 Å². The number of carbonyl (C=O) groups excluding carboxylic acids is 3. The van der Waals surface area contributed by atoms with Gasteiger partial charge in [-0.2, -0.15) is 0 Å². The van der Waals surface area contributed by atoms with Gasteiger partial charge in [-0.05, 0) is 60.1 Å². The van der Waals surface area contributed by atoms with Crippen molar-refractivity contribution in [3.63, 3.8) is 0 Å². The first kappa shape index (κ1) is 34.5. The van der Waals surface area contributed by atoms with Crippen LogP contribution in [0.3, 0.4) is 0 Å². The molecule has 2 aromatic carbocycles. The number of aromatic nitrogens is 2. The molecule has 0 bridgehead atoms. The summed E-state index contributed by atoms with van der Waals surface area (Å²) in [6, 6.07) is 27.2. The van der Waals surface area contributed by atoms with Crippen LogP contribution >= 0.6 is 0 Å². The summed E-state index contributed by atoms with van der Waals surface area (Å²) in [4.78, 5) is 54.5. The third kappa shape index (κ3) is 12.1. The minimum absolute atomic E-state index is 0.0547. The number of amides is 2. The number of imide groups is 1. The van der Waals surface area contributed by atoms with Crippen LogP contribution in [0.5, 0.6) is 0 Å². The van der Waals surface area contributed by atoms with Gasteiger partial charge in [0, 0.05) is 43.5 Å². The molecule has 10 heteroatoms. The molecule has 244 valence electrons. The van der Waals surface area contributed by atoms with Gasteiger partial charge in [-0.1, -0.05) is 72.8 Å². The van der Waals surface area contributed by atoms with E-state index in [1.54, 1.807) is 30.9 Å². The van der Waals surface area contributed by atoms with E-state index in [9.17, 15) is 19.2 Å². The van der Waals surface area contributed by atoms with Gasteiger partial charge in [0.05, 0.1) is 19.1 Å². The molecule has 0 radical (unpaired) electrons. The van der Waals surface area contributed by atoms with Crippen molar-refractivity contribution in [1.29, 1.82) is 0 Å². The van der Waals surface area contributed by atoms with Crippen LogP contribution in [-0.2, 0) is 49.5 Å². The third-order valence-corrected chi connectivity index (χ3v) is 7.55. The predicted octanol–water partition coefficient (Wildman–Crippen LogP) is 5.50. The van der Waals surface area contributed by atoms with E-state index in [4.69, 9.17) is 14.6 Å². The summed E-state index contributed by atoms with van der Waals surface area (Å²) >= 11 is 0. The zero-order valence-corrected chi connectivity index (χ0v) is 26.1. The SMILES string of the molecule is O=C(CCc1cccnc1)N1C(=O)OC[C@@H]1Cc1ccccc1.O=C(O)CCc1cccnc1.O=C1C[C@@H](Cc2ccccc2)CO1. The average molecular weight is 638 g/mol. The number of aliphatic carboxylic acids is 1. The molecule has 4 heterocycles. The van der Waals surface area contributed by atoms with Gasteiger partial charge in [-0.25, -0.2) is 9.69 Å². The Bertz CT molecular complexity index is 1550. The Balaban J connectivity index is 0.000000176. The Morgan fingerprint density at radius 1 is 0.702 bits per heavy atom. The van der Waals surface area contributed by atoms with Crippen molar-refractivity contribution in [2.45, 2.75) is 51.0 Å². The maximum atomic E-state index is 12.4. The molecule has 0 spiro atoms. The number of hydrogen-bond acceptors (Lipinski definition) is 8. The molecule has 6 rings (SSSR count). The van der Waals surface area contributed by atoms with Gasteiger partial charge >= 0.3 is 18.0 Å². The van der Waals surface area contributed by atoms with Crippen LogP contribution in [0, 0.1) is 5.92 Å². The smallest absolute Gasteiger partial charge is 0.416 e. The summed E-state index contributed by atoms with van der Waals surface area (Å²) in [5.74, 6) is -0.637. The normalized spacial score (nSPS) is 16.6. The molecular weight excluding hydrogens is 598 g/mol. The van der Waals surface area contributed by atoms with E-state index < -0.39 is 12.1 Å². The van der Waals surface area contributed by atoms with Crippen molar-refractivity contribution in [1.82, 2.24) is 14.9 Å². The number of hydrogen-bond donors (Lipinski definition) is 1. The Morgan fingerprint density at radius 2 is 1.26 bits per heavy atom.